The predicted molar refractivity (Wildman–Crippen MR) is 47.9 cm³/mol. The minimum Gasteiger partial charge on any atom is -0.399 e. The number of nitrogens with zero attached hydrogens (tertiary/aromatic N) is 1. The first-order valence-corrected chi connectivity index (χ1v) is 3.42. The number of nitrogen functional groups attached to an aromatic ring is 1. The largest absolute Gasteiger partial charge is 0.399 e. The predicted octanol–water partition coefficient (Wildman–Crippen LogP) is 2.03. The van der Waals surface area contributed by atoms with Gasteiger partial charge in [0.2, 0.25) is 0 Å². The summed E-state index contributed by atoms with van der Waals surface area (Å²) in [5.74, 6) is 0. The number of hydrogen-bond donors (Lipinski definition) is 2. The van der Waals surface area contributed by atoms with E-state index in [4.69, 9.17) is 15.8 Å². The molecule has 3 N–H and O–H groups in total. The van der Waals surface area contributed by atoms with Crippen LogP contribution in [-0.2, 0) is 0 Å². The van der Waals surface area contributed by atoms with Gasteiger partial charge in [-0.05, 0) is 31.0 Å². The Balaban J connectivity index is 0.000000354. The van der Waals surface area contributed by atoms with E-state index in [1.807, 2.05) is 19.1 Å². The van der Waals surface area contributed by atoms with Gasteiger partial charge in [-0.2, -0.15) is 0 Å². The van der Waals surface area contributed by atoms with Crippen molar-refractivity contribution in [2.75, 3.05) is 5.73 Å². The van der Waals surface area contributed by atoms with Gasteiger partial charge in [-0.25, -0.2) is 0 Å². The van der Waals surface area contributed by atoms with Gasteiger partial charge in [-0.3, -0.25) is 0 Å². The number of hydrogen-bond acceptors (Lipinski definition) is 3. The first-order chi connectivity index (χ1) is 5.63. The molecule has 0 aromatic heterocycles. The molecule has 1 rings (SSSR count). The van der Waals surface area contributed by atoms with Crippen molar-refractivity contribution in [3.05, 3.63) is 34.2 Å². The van der Waals surface area contributed by atoms with E-state index in [1.165, 1.54) is 16.5 Å². The van der Waals surface area contributed by atoms with Gasteiger partial charge in [0.15, 0.2) is 5.34 Å². The second kappa shape index (κ2) is 5.12. The molecule has 66 valence electrons. The summed E-state index contributed by atoms with van der Waals surface area (Å²) in [4.78, 5) is 8.11. The van der Waals surface area contributed by atoms with Crippen LogP contribution in [0.5, 0.6) is 0 Å². The van der Waals surface area contributed by atoms with Crippen molar-refractivity contribution in [2.45, 2.75) is 13.8 Å². The fourth-order valence-electron chi connectivity index (χ4n) is 0.774. The molecule has 0 amide bonds. The van der Waals surface area contributed by atoms with E-state index in [-0.39, 0.29) is 0 Å². The molecular weight excluding hydrogens is 156 g/mol. The molecule has 0 spiro atoms. The van der Waals surface area contributed by atoms with Crippen LogP contribution in [0, 0.1) is 18.8 Å². The number of aryl methyl sites for hydroxylation is 1. The van der Waals surface area contributed by atoms with Crippen molar-refractivity contribution in [1.29, 1.82) is 0 Å². The Hall–Kier alpha value is -1.58. The van der Waals surface area contributed by atoms with Crippen LogP contribution in [-0.4, -0.2) is 5.21 Å². The number of nitrogens with two attached hydrogens (primary N) is 1. The van der Waals surface area contributed by atoms with Crippen LogP contribution in [0.2, 0.25) is 0 Å². The summed E-state index contributed by atoms with van der Waals surface area (Å²) in [7, 11) is 0. The highest BCUT2D eigenvalue weighted by Crippen LogP contribution is 2.13. The minimum absolute atomic E-state index is 0.884. The van der Waals surface area contributed by atoms with Crippen LogP contribution in [0.4, 0.5) is 5.69 Å². The van der Waals surface area contributed by atoms with E-state index >= 15 is 0 Å². The maximum atomic E-state index is 8.11. The second-order valence-electron chi connectivity index (χ2n) is 2.37. The highest BCUT2D eigenvalue weighted by Gasteiger charge is 1.92. The molecule has 4 nitrogen and oxygen atoms in total. The van der Waals surface area contributed by atoms with Crippen LogP contribution >= 0.6 is 0 Å². The quantitative estimate of drug-likeness (QED) is 0.353. The van der Waals surface area contributed by atoms with E-state index in [1.54, 1.807) is 0 Å². The number of benzene rings is 1. The fraction of sp³-hybridized carbons (Fsp3) is 0.250. The van der Waals surface area contributed by atoms with Gasteiger partial charge in [0.25, 0.3) is 0 Å². The van der Waals surface area contributed by atoms with Crippen molar-refractivity contribution in [3.8, 4) is 0 Å². The van der Waals surface area contributed by atoms with Gasteiger partial charge in [0.1, 0.15) is 0 Å². The van der Waals surface area contributed by atoms with Gasteiger partial charge in [-0.1, -0.05) is 12.1 Å². The molecule has 0 saturated carbocycles. The smallest absolute Gasteiger partial charge is 0.152 e. The van der Waals surface area contributed by atoms with Gasteiger partial charge in [0, 0.05) is 5.69 Å². The van der Waals surface area contributed by atoms with E-state index in [2.05, 4.69) is 13.0 Å². The van der Waals surface area contributed by atoms with Crippen molar-refractivity contribution in [1.82, 2.24) is 0 Å². The summed E-state index contributed by atoms with van der Waals surface area (Å²) in [6, 6.07) is 5.95. The Labute approximate surface area is 71.0 Å². The molecule has 4 heteroatoms. The fourth-order valence-corrected chi connectivity index (χ4v) is 0.774. The maximum Gasteiger partial charge on any atom is 0.152 e. The highest BCUT2D eigenvalue weighted by atomic mass is 16.6. The van der Waals surface area contributed by atoms with Crippen molar-refractivity contribution >= 4 is 5.69 Å². The summed E-state index contributed by atoms with van der Waals surface area (Å²) in [5.41, 5.74) is 8.96. The van der Waals surface area contributed by atoms with Crippen LogP contribution in [0.1, 0.15) is 11.1 Å². The molecule has 0 saturated heterocycles. The van der Waals surface area contributed by atoms with E-state index < -0.39 is 0 Å². The van der Waals surface area contributed by atoms with Gasteiger partial charge < -0.3 is 10.9 Å². The van der Waals surface area contributed by atoms with Gasteiger partial charge in [-0.15, -0.1) is 4.91 Å². The SMILES string of the molecule is Cc1cccc(N)c1C.O=NO. The summed E-state index contributed by atoms with van der Waals surface area (Å²) >= 11 is 0. The lowest BCUT2D eigenvalue weighted by atomic mass is 10.1. The zero-order chi connectivity index (χ0) is 9.56. The van der Waals surface area contributed by atoms with E-state index in [9.17, 15) is 0 Å². The topological polar surface area (TPSA) is 75.7 Å². The second-order valence-corrected chi connectivity index (χ2v) is 2.37. The molecule has 0 radical (unpaired) electrons. The number of anilines is 1. The number of rotatable bonds is 0. The summed E-state index contributed by atoms with van der Waals surface area (Å²) in [5, 5.41) is 7.89. The minimum atomic E-state index is 0.884. The Morgan fingerprint density at radius 3 is 2.25 bits per heavy atom. The van der Waals surface area contributed by atoms with Crippen LogP contribution in [0.25, 0.3) is 0 Å². The third-order valence-electron chi connectivity index (χ3n) is 1.65. The van der Waals surface area contributed by atoms with Crippen LogP contribution < -0.4 is 5.73 Å². The average Bonchev–Trinajstić information content (AvgIpc) is 2.02. The Bertz CT molecular complexity index is 241. The third kappa shape index (κ3) is 3.01. The first-order valence-electron chi connectivity index (χ1n) is 3.42. The molecule has 0 atom stereocenters. The lowest BCUT2D eigenvalue weighted by Crippen LogP contribution is -1.90. The molecule has 0 aliphatic rings. The normalized spacial score (nSPS) is 8.17. The highest BCUT2D eigenvalue weighted by molar-refractivity contribution is 5.49. The van der Waals surface area contributed by atoms with Crippen molar-refractivity contribution in [2.24, 2.45) is 5.34 Å². The average molecular weight is 168 g/mol. The molecule has 0 aliphatic carbocycles. The zero-order valence-electron chi connectivity index (χ0n) is 7.11. The van der Waals surface area contributed by atoms with E-state index in [0.717, 1.165) is 5.69 Å². The monoisotopic (exact) mass is 168 g/mol. The van der Waals surface area contributed by atoms with Crippen molar-refractivity contribution in [3.63, 3.8) is 0 Å². The molecule has 0 bridgehead atoms. The molecule has 0 unspecified atom stereocenters. The van der Waals surface area contributed by atoms with Crippen molar-refractivity contribution < 1.29 is 5.21 Å². The molecular formula is C8H12N2O2. The summed E-state index contributed by atoms with van der Waals surface area (Å²) in [6.45, 7) is 4.09. The zero-order valence-corrected chi connectivity index (χ0v) is 7.11. The van der Waals surface area contributed by atoms with Gasteiger partial charge in [0.05, 0.1) is 0 Å². The lowest BCUT2D eigenvalue weighted by molar-refractivity contribution is 0.312. The van der Waals surface area contributed by atoms with Gasteiger partial charge >= 0.3 is 0 Å². The van der Waals surface area contributed by atoms with Crippen LogP contribution in [0.3, 0.4) is 0 Å². The molecule has 12 heavy (non-hydrogen) atoms. The molecule has 1 aromatic rings. The maximum absolute atomic E-state index is 8.11. The molecule has 0 fully saturated rings. The first kappa shape index (κ1) is 10.4. The Kier molecular flexibility index (Phi) is 4.45. The standard InChI is InChI=1S/C8H11N.HNO2/c1-6-4-3-5-8(9)7(6)2;2-1-3/h3-5H,9H2,1-2H3;(H,2,3). The summed E-state index contributed by atoms with van der Waals surface area (Å²) < 4.78 is 0. The Morgan fingerprint density at radius 1 is 1.42 bits per heavy atom. The Morgan fingerprint density at radius 2 is 1.92 bits per heavy atom. The third-order valence-corrected chi connectivity index (χ3v) is 1.65. The molecule has 0 aliphatic heterocycles. The summed E-state index contributed by atoms with van der Waals surface area (Å²) in [6.07, 6.45) is 0. The lowest BCUT2D eigenvalue weighted by Gasteiger charge is -2.00. The van der Waals surface area contributed by atoms with E-state index in [0.29, 0.717) is 0 Å². The molecule has 1 aromatic carbocycles. The van der Waals surface area contributed by atoms with Crippen LogP contribution in [0.15, 0.2) is 23.5 Å². The molecule has 0 heterocycles.